The van der Waals surface area contributed by atoms with E-state index in [1.165, 1.54) is 4.90 Å². The topological polar surface area (TPSA) is 99.6 Å². The number of thiazole rings is 1. The van der Waals surface area contributed by atoms with Gasteiger partial charge in [-0.3, -0.25) is 9.59 Å². The van der Waals surface area contributed by atoms with Gasteiger partial charge in [0.1, 0.15) is 16.4 Å². The average molecular weight is 359 g/mol. The van der Waals surface area contributed by atoms with Crippen LogP contribution in [0.25, 0.3) is 0 Å². The number of hydrogen-bond donors (Lipinski definition) is 2. The van der Waals surface area contributed by atoms with Gasteiger partial charge in [-0.25, -0.2) is 9.78 Å². The van der Waals surface area contributed by atoms with Gasteiger partial charge in [0.05, 0.1) is 12.2 Å². The highest BCUT2D eigenvalue weighted by Crippen LogP contribution is 2.27. The van der Waals surface area contributed by atoms with E-state index in [1.807, 2.05) is 24.3 Å². The molecule has 0 atom stereocenters. The summed E-state index contributed by atoms with van der Waals surface area (Å²) < 4.78 is 0. The number of carboxylic acid groups (broad SMARTS) is 1. The predicted molar refractivity (Wildman–Crippen MR) is 92.8 cm³/mol. The number of aromatic nitrogens is 1. The standard InChI is InChI=1S/C17H17N3O4S/c1-10-16(17(23)24)25-14(19-10)8-18-13(21)9-20-12-5-3-2-4-11(12)6-7-15(20)22/h2-5H,6-9H2,1H3,(H,18,21)(H,23,24). The first kappa shape index (κ1) is 17.1. The molecule has 7 nitrogen and oxygen atoms in total. The van der Waals surface area contributed by atoms with Crippen LogP contribution in [0.2, 0.25) is 0 Å². The summed E-state index contributed by atoms with van der Waals surface area (Å²) in [5, 5.41) is 12.3. The summed E-state index contributed by atoms with van der Waals surface area (Å²) in [6, 6.07) is 7.55. The minimum Gasteiger partial charge on any atom is -0.477 e. The van der Waals surface area contributed by atoms with E-state index in [-0.39, 0.29) is 29.8 Å². The molecule has 0 fully saturated rings. The first-order valence-electron chi connectivity index (χ1n) is 7.80. The van der Waals surface area contributed by atoms with Gasteiger partial charge in [-0.15, -0.1) is 11.3 Å². The molecule has 1 aromatic heterocycles. The number of para-hydroxylation sites is 1. The Labute approximate surface area is 148 Å². The number of carboxylic acids is 1. The normalized spacial score (nSPS) is 13.5. The van der Waals surface area contributed by atoms with Crippen molar-refractivity contribution in [3.05, 3.63) is 45.4 Å². The fourth-order valence-corrected chi connectivity index (χ4v) is 3.61. The molecule has 3 rings (SSSR count). The summed E-state index contributed by atoms with van der Waals surface area (Å²) in [7, 11) is 0. The predicted octanol–water partition coefficient (Wildman–Crippen LogP) is 1.75. The number of nitrogens with one attached hydrogen (secondary N) is 1. The molecule has 0 unspecified atom stereocenters. The Balaban J connectivity index is 1.64. The Hall–Kier alpha value is -2.74. The molecule has 0 saturated carbocycles. The van der Waals surface area contributed by atoms with Crippen molar-refractivity contribution in [1.29, 1.82) is 0 Å². The number of aryl methyl sites for hydroxylation is 2. The van der Waals surface area contributed by atoms with Crippen LogP contribution in [0.1, 0.15) is 32.4 Å². The number of fused-ring (bicyclic) bond motifs is 1. The maximum atomic E-state index is 12.2. The third-order valence-electron chi connectivity index (χ3n) is 3.97. The molecule has 2 heterocycles. The van der Waals surface area contributed by atoms with Gasteiger partial charge < -0.3 is 15.3 Å². The summed E-state index contributed by atoms with van der Waals surface area (Å²) in [4.78, 5) is 41.2. The van der Waals surface area contributed by atoms with Gasteiger partial charge in [0, 0.05) is 12.1 Å². The highest BCUT2D eigenvalue weighted by molar-refractivity contribution is 7.13. The van der Waals surface area contributed by atoms with E-state index >= 15 is 0 Å². The van der Waals surface area contributed by atoms with E-state index in [1.54, 1.807) is 6.92 Å². The summed E-state index contributed by atoms with van der Waals surface area (Å²) >= 11 is 1.04. The maximum absolute atomic E-state index is 12.2. The van der Waals surface area contributed by atoms with Crippen molar-refractivity contribution >= 4 is 34.8 Å². The first-order chi connectivity index (χ1) is 12.0. The number of carbonyl (C=O) groups excluding carboxylic acids is 2. The lowest BCUT2D eigenvalue weighted by Gasteiger charge is -2.28. The number of carbonyl (C=O) groups is 3. The van der Waals surface area contributed by atoms with Crippen LogP contribution in [0.3, 0.4) is 0 Å². The quantitative estimate of drug-likeness (QED) is 0.847. The van der Waals surface area contributed by atoms with E-state index in [0.717, 1.165) is 22.6 Å². The zero-order chi connectivity index (χ0) is 18.0. The largest absolute Gasteiger partial charge is 0.477 e. The Morgan fingerprint density at radius 2 is 2.08 bits per heavy atom. The van der Waals surface area contributed by atoms with Crippen LogP contribution in [0.15, 0.2) is 24.3 Å². The minimum atomic E-state index is -1.02. The highest BCUT2D eigenvalue weighted by atomic mass is 32.1. The number of rotatable bonds is 5. The lowest BCUT2D eigenvalue weighted by molar-refractivity contribution is -0.124. The fraction of sp³-hybridized carbons (Fsp3) is 0.294. The van der Waals surface area contributed by atoms with E-state index < -0.39 is 5.97 Å². The third-order valence-corrected chi connectivity index (χ3v) is 5.11. The molecule has 1 aliphatic heterocycles. The molecule has 0 saturated heterocycles. The molecule has 2 amide bonds. The van der Waals surface area contributed by atoms with Gasteiger partial charge >= 0.3 is 5.97 Å². The molecule has 0 spiro atoms. The van der Waals surface area contributed by atoms with Gasteiger partial charge in [0.2, 0.25) is 11.8 Å². The number of nitrogens with zero attached hydrogens (tertiary/aromatic N) is 2. The number of benzene rings is 1. The van der Waals surface area contributed by atoms with Crippen molar-refractivity contribution in [1.82, 2.24) is 10.3 Å². The van der Waals surface area contributed by atoms with Crippen LogP contribution in [0.4, 0.5) is 5.69 Å². The Morgan fingerprint density at radius 3 is 2.80 bits per heavy atom. The van der Waals surface area contributed by atoms with Crippen LogP contribution in [0, 0.1) is 6.92 Å². The second-order valence-electron chi connectivity index (χ2n) is 5.71. The van der Waals surface area contributed by atoms with Crippen molar-refractivity contribution < 1.29 is 19.5 Å². The smallest absolute Gasteiger partial charge is 0.347 e. The van der Waals surface area contributed by atoms with E-state index in [2.05, 4.69) is 10.3 Å². The van der Waals surface area contributed by atoms with Crippen LogP contribution < -0.4 is 10.2 Å². The van der Waals surface area contributed by atoms with Crippen molar-refractivity contribution in [3.8, 4) is 0 Å². The molecule has 1 aromatic carbocycles. The molecule has 2 aromatic rings. The second-order valence-corrected chi connectivity index (χ2v) is 6.80. The summed E-state index contributed by atoms with van der Waals surface area (Å²) in [6.45, 7) is 1.70. The van der Waals surface area contributed by atoms with E-state index in [0.29, 0.717) is 23.5 Å². The van der Waals surface area contributed by atoms with Crippen LogP contribution in [-0.2, 0) is 22.6 Å². The van der Waals surface area contributed by atoms with E-state index in [9.17, 15) is 14.4 Å². The highest BCUT2D eigenvalue weighted by Gasteiger charge is 2.25. The molecule has 0 bridgehead atoms. The zero-order valence-electron chi connectivity index (χ0n) is 13.6. The SMILES string of the molecule is Cc1nc(CNC(=O)CN2C(=O)CCc3ccccc32)sc1C(=O)O. The van der Waals surface area contributed by atoms with Gasteiger partial charge in [-0.1, -0.05) is 18.2 Å². The Bertz CT molecular complexity index is 846. The molecule has 2 N–H and O–H groups in total. The summed E-state index contributed by atoms with van der Waals surface area (Å²) in [6.07, 6.45) is 1.07. The molecule has 1 aliphatic rings. The summed E-state index contributed by atoms with van der Waals surface area (Å²) in [5.74, 6) is -1.41. The van der Waals surface area contributed by atoms with Crippen LogP contribution in [0.5, 0.6) is 0 Å². The maximum Gasteiger partial charge on any atom is 0.347 e. The average Bonchev–Trinajstić information content (AvgIpc) is 2.97. The minimum absolute atomic E-state index is 0.0635. The van der Waals surface area contributed by atoms with Crippen molar-refractivity contribution in [3.63, 3.8) is 0 Å². The number of anilines is 1. The van der Waals surface area contributed by atoms with Crippen LogP contribution in [-0.4, -0.2) is 34.4 Å². The monoisotopic (exact) mass is 359 g/mol. The first-order valence-corrected chi connectivity index (χ1v) is 8.62. The number of amides is 2. The molecule has 130 valence electrons. The Kier molecular flexibility index (Phi) is 4.80. The molecule has 0 radical (unpaired) electrons. The molecule has 25 heavy (non-hydrogen) atoms. The molecular weight excluding hydrogens is 342 g/mol. The van der Waals surface area contributed by atoms with Crippen molar-refractivity contribution in [2.24, 2.45) is 0 Å². The number of hydrogen-bond acceptors (Lipinski definition) is 5. The van der Waals surface area contributed by atoms with Gasteiger partial charge in [0.25, 0.3) is 0 Å². The van der Waals surface area contributed by atoms with Gasteiger partial charge in [0.15, 0.2) is 0 Å². The lowest BCUT2D eigenvalue weighted by atomic mass is 10.0. The van der Waals surface area contributed by atoms with Crippen LogP contribution >= 0.6 is 11.3 Å². The van der Waals surface area contributed by atoms with Crippen molar-refractivity contribution in [2.75, 3.05) is 11.4 Å². The third kappa shape index (κ3) is 3.69. The fourth-order valence-electron chi connectivity index (χ4n) is 2.77. The summed E-state index contributed by atoms with van der Waals surface area (Å²) in [5.41, 5.74) is 2.26. The number of aromatic carboxylic acids is 1. The van der Waals surface area contributed by atoms with Gasteiger partial charge in [-0.05, 0) is 25.0 Å². The lowest BCUT2D eigenvalue weighted by Crippen LogP contribution is -2.42. The van der Waals surface area contributed by atoms with E-state index in [4.69, 9.17) is 5.11 Å². The second kappa shape index (κ2) is 7.02. The van der Waals surface area contributed by atoms with Crippen molar-refractivity contribution in [2.45, 2.75) is 26.3 Å². The molecule has 8 heteroatoms. The molecule has 0 aliphatic carbocycles. The Morgan fingerprint density at radius 1 is 1.32 bits per heavy atom. The molecular formula is C17H17N3O4S. The van der Waals surface area contributed by atoms with Gasteiger partial charge in [-0.2, -0.15) is 0 Å². The zero-order valence-corrected chi connectivity index (χ0v) is 14.4.